The van der Waals surface area contributed by atoms with E-state index in [0.717, 1.165) is 6.54 Å². The molecule has 0 aliphatic carbocycles. The van der Waals surface area contributed by atoms with Crippen LogP contribution in [0.4, 0.5) is 0 Å². The molecule has 0 radical (unpaired) electrons. The molecule has 0 saturated heterocycles. The average molecular weight is 186 g/mol. The van der Waals surface area contributed by atoms with Crippen molar-refractivity contribution < 1.29 is 0 Å². The quantitative estimate of drug-likeness (QED) is 0.613. The lowest BCUT2D eigenvalue weighted by atomic mass is 10.1. The molecule has 0 rings (SSSR count). The van der Waals surface area contributed by atoms with Crippen LogP contribution < -0.4 is 5.32 Å². The molecule has 0 aromatic carbocycles. The summed E-state index contributed by atoms with van der Waals surface area (Å²) in [6, 6.07) is 1.42. The SMILES string of the molecule is CCC(C)N(C)C(C)CCCNC. The van der Waals surface area contributed by atoms with E-state index in [9.17, 15) is 0 Å². The third-order valence-electron chi connectivity index (χ3n) is 3.03. The minimum atomic E-state index is 0.711. The molecular weight excluding hydrogens is 160 g/mol. The fourth-order valence-corrected chi connectivity index (χ4v) is 1.50. The maximum Gasteiger partial charge on any atom is 0.00671 e. The fraction of sp³-hybridized carbons (Fsp3) is 1.00. The van der Waals surface area contributed by atoms with Gasteiger partial charge in [0, 0.05) is 12.1 Å². The Morgan fingerprint density at radius 1 is 1.23 bits per heavy atom. The van der Waals surface area contributed by atoms with E-state index < -0.39 is 0 Å². The van der Waals surface area contributed by atoms with Crippen LogP contribution in [0.1, 0.15) is 40.0 Å². The van der Waals surface area contributed by atoms with Crippen molar-refractivity contribution in [3.63, 3.8) is 0 Å². The zero-order valence-electron chi connectivity index (χ0n) is 9.93. The van der Waals surface area contributed by atoms with Crippen LogP contribution in [0.2, 0.25) is 0 Å². The topological polar surface area (TPSA) is 15.3 Å². The van der Waals surface area contributed by atoms with Crippen LogP contribution in [-0.4, -0.2) is 37.6 Å². The lowest BCUT2D eigenvalue weighted by Gasteiger charge is -2.30. The van der Waals surface area contributed by atoms with Crippen molar-refractivity contribution in [2.45, 2.75) is 52.1 Å². The van der Waals surface area contributed by atoms with Crippen molar-refractivity contribution in [3.05, 3.63) is 0 Å². The second kappa shape index (κ2) is 7.34. The van der Waals surface area contributed by atoms with Gasteiger partial charge >= 0.3 is 0 Å². The summed E-state index contributed by atoms with van der Waals surface area (Å²) in [6.45, 7) is 8.01. The van der Waals surface area contributed by atoms with Gasteiger partial charge in [-0.1, -0.05) is 6.92 Å². The van der Waals surface area contributed by atoms with Crippen molar-refractivity contribution in [1.29, 1.82) is 0 Å². The van der Waals surface area contributed by atoms with Gasteiger partial charge in [0.25, 0.3) is 0 Å². The summed E-state index contributed by atoms with van der Waals surface area (Å²) in [5.41, 5.74) is 0. The highest BCUT2D eigenvalue weighted by molar-refractivity contribution is 4.69. The highest BCUT2D eigenvalue weighted by Crippen LogP contribution is 2.09. The van der Waals surface area contributed by atoms with E-state index >= 15 is 0 Å². The van der Waals surface area contributed by atoms with Gasteiger partial charge in [0.1, 0.15) is 0 Å². The molecule has 0 bridgehead atoms. The molecular formula is C11H26N2. The molecule has 0 heterocycles. The summed E-state index contributed by atoms with van der Waals surface area (Å²) < 4.78 is 0. The van der Waals surface area contributed by atoms with Crippen LogP contribution in [-0.2, 0) is 0 Å². The predicted octanol–water partition coefficient (Wildman–Crippen LogP) is 2.10. The fourth-order valence-electron chi connectivity index (χ4n) is 1.50. The van der Waals surface area contributed by atoms with Gasteiger partial charge in [-0.25, -0.2) is 0 Å². The molecule has 2 nitrogen and oxygen atoms in total. The lowest BCUT2D eigenvalue weighted by Crippen LogP contribution is -2.36. The molecule has 2 unspecified atom stereocenters. The number of rotatable bonds is 7. The molecule has 2 atom stereocenters. The smallest absolute Gasteiger partial charge is 0.00671 e. The van der Waals surface area contributed by atoms with Crippen molar-refractivity contribution in [1.82, 2.24) is 10.2 Å². The normalized spacial score (nSPS) is 16.2. The first-order chi connectivity index (χ1) is 6.13. The first-order valence-corrected chi connectivity index (χ1v) is 5.50. The van der Waals surface area contributed by atoms with E-state index in [2.05, 4.69) is 38.0 Å². The molecule has 0 aromatic heterocycles. The van der Waals surface area contributed by atoms with Crippen molar-refractivity contribution in [2.24, 2.45) is 0 Å². The Morgan fingerprint density at radius 3 is 2.31 bits per heavy atom. The number of nitrogens with one attached hydrogen (secondary N) is 1. The summed E-state index contributed by atoms with van der Waals surface area (Å²) in [5.74, 6) is 0. The maximum atomic E-state index is 3.19. The molecule has 0 fully saturated rings. The molecule has 1 N–H and O–H groups in total. The van der Waals surface area contributed by atoms with E-state index in [1.165, 1.54) is 19.3 Å². The molecule has 0 aromatic rings. The van der Waals surface area contributed by atoms with Gasteiger partial charge < -0.3 is 10.2 Å². The maximum absolute atomic E-state index is 3.19. The Morgan fingerprint density at radius 2 is 1.85 bits per heavy atom. The Labute approximate surface area is 83.7 Å². The van der Waals surface area contributed by atoms with E-state index in [4.69, 9.17) is 0 Å². The lowest BCUT2D eigenvalue weighted by molar-refractivity contribution is 0.181. The van der Waals surface area contributed by atoms with E-state index in [0.29, 0.717) is 12.1 Å². The van der Waals surface area contributed by atoms with Crippen LogP contribution in [0.15, 0.2) is 0 Å². The molecule has 13 heavy (non-hydrogen) atoms. The van der Waals surface area contributed by atoms with Gasteiger partial charge in [0.15, 0.2) is 0 Å². The summed E-state index contributed by atoms with van der Waals surface area (Å²) >= 11 is 0. The van der Waals surface area contributed by atoms with Gasteiger partial charge in [0.05, 0.1) is 0 Å². The van der Waals surface area contributed by atoms with Gasteiger partial charge in [-0.2, -0.15) is 0 Å². The molecule has 0 amide bonds. The van der Waals surface area contributed by atoms with Crippen molar-refractivity contribution >= 4 is 0 Å². The second-order valence-corrected chi connectivity index (χ2v) is 4.02. The van der Waals surface area contributed by atoms with Gasteiger partial charge in [-0.05, 0) is 53.8 Å². The Bertz CT molecular complexity index is 115. The largest absolute Gasteiger partial charge is 0.320 e. The minimum absolute atomic E-state index is 0.711. The zero-order valence-corrected chi connectivity index (χ0v) is 9.93. The number of nitrogens with zero attached hydrogens (tertiary/aromatic N) is 1. The Balaban J connectivity index is 3.62. The van der Waals surface area contributed by atoms with Crippen LogP contribution in [0.3, 0.4) is 0 Å². The molecule has 0 aliphatic rings. The van der Waals surface area contributed by atoms with E-state index in [-0.39, 0.29) is 0 Å². The standard InChI is InChI=1S/C11H26N2/c1-6-10(2)13(5)11(3)8-7-9-12-4/h10-12H,6-9H2,1-5H3. The van der Waals surface area contributed by atoms with Gasteiger partial charge in [0.2, 0.25) is 0 Å². The number of hydrogen-bond acceptors (Lipinski definition) is 2. The predicted molar refractivity (Wildman–Crippen MR) is 60.1 cm³/mol. The van der Waals surface area contributed by atoms with E-state index in [1.807, 2.05) is 7.05 Å². The first-order valence-electron chi connectivity index (χ1n) is 5.50. The molecule has 0 aliphatic heterocycles. The first kappa shape index (κ1) is 12.9. The van der Waals surface area contributed by atoms with Crippen LogP contribution >= 0.6 is 0 Å². The minimum Gasteiger partial charge on any atom is -0.320 e. The molecule has 2 heteroatoms. The van der Waals surface area contributed by atoms with Crippen LogP contribution in [0, 0.1) is 0 Å². The summed E-state index contributed by atoms with van der Waals surface area (Å²) in [6.07, 6.45) is 3.81. The third-order valence-corrected chi connectivity index (χ3v) is 3.03. The molecule has 0 spiro atoms. The summed E-state index contributed by atoms with van der Waals surface area (Å²) in [5, 5.41) is 3.19. The van der Waals surface area contributed by atoms with Gasteiger partial charge in [-0.15, -0.1) is 0 Å². The Hall–Kier alpha value is -0.0800. The highest BCUT2D eigenvalue weighted by Gasteiger charge is 2.13. The Kier molecular flexibility index (Phi) is 7.29. The number of hydrogen-bond donors (Lipinski definition) is 1. The van der Waals surface area contributed by atoms with Crippen molar-refractivity contribution in [3.8, 4) is 0 Å². The van der Waals surface area contributed by atoms with Gasteiger partial charge in [-0.3, -0.25) is 0 Å². The summed E-state index contributed by atoms with van der Waals surface area (Å²) in [4.78, 5) is 2.48. The highest BCUT2D eigenvalue weighted by atomic mass is 15.1. The monoisotopic (exact) mass is 186 g/mol. The second-order valence-electron chi connectivity index (χ2n) is 4.02. The third kappa shape index (κ3) is 5.27. The molecule has 80 valence electrons. The zero-order chi connectivity index (χ0) is 10.3. The average Bonchev–Trinajstić information content (AvgIpc) is 2.15. The molecule has 0 saturated carbocycles. The van der Waals surface area contributed by atoms with Crippen LogP contribution in [0.5, 0.6) is 0 Å². The van der Waals surface area contributed by atoms with Crippen LogP contribution in [0.25, 0.3) is 0 Å². The van der Waals surface area contributed by atoms with E-state index in [1.54, 1.807) is 0 Å². The van der Waals surface area contributed by atoms with Crippen molar-refractivity contribution in [2.75, 3.05) is 20.6 Å². The summed E-state index contributed by atoms with van der Waals surface area (Å²) in [7, 11) is 4.25.